The van der Waals surface area contributed by atoms with Gasteiger partial charge in [0.25, 0.3) is 5.91 Å². The van der Waals surface area contributed by atoms with Gasteiger partial charge >= 0.3 is 0 Å². The summed E-state index contributed by atoms with van der Waals surface area (Å²) in [6.07, 6.45) is 0.916. The lowest BCUT2D eigenvalue weighted by atomic mass is 9.99. The zero-order chi connectivity index (χ0) is 15.1. The lowest BCUT2D eigenvalue weighted by molar-refractivity contribution is 0.0924. The molecule has 0 saturated carbocycles. The third kappa shape index (κ3) is 4.40. The molecule has 1 aromatic rings. The van der Waals surface area contributed by atoms with Crippen molar-refractivity contribution >= 4 is 5.91 Å². The van der Waals surface area contributed by atoms with Gasteiger partial charge in [-0.1, -0.05) is 44.2 Å². The molecule has 0 bridgehead atoms. The van der Waals surface area contributed by atoms with Gasteiger partial charge in [0.1, 0.15) is 0 Å². The molecule has 1 amide bonds. The topological polar surface area (TPSA) is 55.1 Å². The van der Waals surface area contributed by atoms with E-state index in [1.165, 1.54) is 0 Å². The summed E-state index contributed by atoms with van der Waals surface area (Å²) in [6.45, 7) is 8.56. The van der Waals surface area contributed by atoms with E-state index >= 15 is 0 Å². The monoisotopic (exact) mass is 272 g/mol. The molecule has 0 aliphatic rings. The molecule has 0 heterocycles. The molecule has 0 aliphatic heterocycles. The summed E-state index contributed by atoms with van der Waals surface area (Å²) in [5.74, 6) is 6.12. The van der Waals surface area contributed by atoms with Crippen LogP contribution in [0.1, 0.15) is 48.7 Å². The highest BCUT2D eigenvalue weighted by Crippen LogP contribution is 2.13. The minimum absolute atomic E-state index is 0.0597. The van der Waals surface area contributed by atoms with Crippen LogP contribution in [-0.2, 0) is 0 Å². The lowest BCUT2D eigenvalue weighted by Crippen LogP contribution is -2.38. The zero-order valence-corrected chi connectivity index (χ0v) is 12.8. The van der Waals surface area contributed by atoms with E-state index in [1.807, 2.05) is 25.1 Å². The van der Waals surface area contributed by atoms with E-state index in [0.29, 0.717) is 18.0 Å². The molecule has 0 radical (unpaired) electrons. The standard InChI is InChI=1S/C17H24N2O/c1-5-16(12(2)3)19-17(20)15-11-13(4)8-9-14(15)7-6-10-18/h8-9,11-12,16H,5,10,18H2,1-4H3,(H,19,20). The van der Waals surface area contributed by atoms with Crippen LogP contribution in [0.3, 0.4) is 0 Å². The summed E-state index contributed by atoms with van der Waals surface area (Å²) in [5, 5.41) is 3.09. The predicted octanol–water partition coefficient (Wildman–Crippen LogP) is 2.47. The fraction of sp³-hybridized carbons (Fsp3) is 0.471. The minimum atomic E-state index is -0.0597. The van der Waals surface area contributed by atoms with E-state index < -0.39 is 0 Å². The van der Waals surface area contributed by atoms with Crippen molar-refractivity contribution in [3.8, 4) is 11.8 Å². The molecule has 0 aliphatic carbocycles. The van der Waals surface area contributed by atoms with Crippen LogP contribution in [0, 0.1) is 24.7 Å². The Balaban J connectivity index is 3.04. The number of carbonyl (C=O) groups excluding carboxylic acids is 1. The molecule has 1 aromatic carbocycles. The van der Waals surface area contributed by atoms with Crippen LogP contribution in [-0.4, -0.2) is 18.5 Å². The molecule has 3 nitrogen and oxygen atoms in total. The molecule has 1 atom stereocenters. The number of aryl methyl sites for hydroxylation is 1. The first-order valence-corrected chi connectivity index (χ1v) is 7.10. The van der Waals surface area contributed by atoms with Gasteiger partial charge in [-0.2, -0.15) is 0 Å². The Labute approximate surface area is 121 Å². The maximum Gasteiger partial charge on any atom is 0.252 e. The summed E-state index contributed by atoms with van der Waals surface area (Å²) < 4.78 is 0. The number of rotatable bonds is 4. The SMILES string of the molecule is CCC(NC(=O)c1cc(C)ccc1C#CCN)C(C)C. The molecular formula is C17H24N2O. The Morgan fingerprint density at radius 1 is 1.40 bits per heavy atom. The second-order valence-corrected chi connectivity index (χ2v) is 5.29. The van der Waals surface area contributed by atoms with Crippen molar-refractivity contribution < 1.29 is 4.79 Å². The molecule has 3 N–H and O–H groups in total. The van der Waals surface area contributed by atoms with Gasteiger partial charge in [-0.05, 0) is 31.4 Å². The van der Waals surface area contributed by atoms with Gasteiger partial charge in [-0.15, -0.1) is 0 Å². The van der Waals surface area contributed by atoms with Crippen molar-refractivity contribution in [3.63, 3.8) is 0 Å². The Bertz CT molecular complexity index is 524. The number of hydrogen-bond acceptors (Lipinski definition) is 2. The number of nitrogens with two attached hydrogens (primary N) is 1. The first kappa shape index (κ1) is 16.3. The van der Waals surface area contributed by atoms with E-state index in [9.17, 15) is 4.79 Å². The third-order valence-corrected chi connectivity index (χ3v) is 3.31. The Morgan fingerprint density at radius 2 is 2.10 bits per heavy atom. The molecular weight excluding hydrogens is 248 g/mol. The number of benzene rings is 1. The minimum Gasteiger partial charge on any atom is -0.349 e. The highest BCUT2D eigenvalue weighted by Gasteiger charge is 2.17. The average molecular weight is 272 g/mol. The molecule has 0 fully saturated rings. The maximum absolute atomic E-state index is 12.4. The van der Waals surface area contributed by atoms with Crippen LogP contribution in [0.15, 0.2) is 18.2 Å². The average Bonchev–Trinajstić information content (AvgIpc) is 2.42. The van der Waals surface area contributed by atoms with Gasteiger partial charge in [-0.3, -0.25) is 4.79 Å². The van der Waals surface area contributed by atoms with Crippen molar-refractivity contribution in [2.75, 3.05) is 6.54 Å². The number of hydrogen-bond donors (Lipinski definition) is 2. The van der Waals surface area contributed by atoms with Gasteiger partial charge in [0.05, 0.1) is 12.1 Å². The molecule has 3 heteroatoms. The first-order valence-electron chi connectivity index (χ1n) is 7.10. The summed E-state index contributed by atoms with van der Waals surface area (Å²) >= 11 is 0. The first-order chi connectivity index (χ1) is 9.49. The molecule has 0 spiro atoms. The van der Waals surface area contributed by atoms with Crippen molar-refractivity contribution in [2.45, 2.75) is 40.2 Å². The Kier molecular flexibility index (Phi) is 6.27. The van der Waals surface area contributed by atoms with E-state index in [0.717, 1.165) is 17.5 Å². The summed E-state index contributed by atoms with van der Waals surface area (Å²) in [5.41, 5.74) is 7.81. The largest absolute Gasteiger partial charge is 0.349 e. The third-order valence-electron chi connectivity index (χ3n) is 3.31. The van der Waals surface area contributed by atoms with Gasteiger partial charge in [0, 0.05) is 11.6 Å². The molecule has 0 saturated heterocycles. The van der Waals surface area contributed by atoms with Crippen molar-refractivity contribution in [3.05, 3.63) is 34.9 Å². The molecule has 108 valence electrons. The fourth-order valence-electron chi connectivity index (χ4n) is 2.09. The lowest BCUT2D eigenvalue weighted by Gasteiger charge is -2.21. The van der Waals surface area contributed by atoms with Gasteiger partial charge in [0.15, 0.2) is 0 Å². The fourth-order valence-corrected chi connectivity index (χ4v) is 2.09. The van der Waals surface area contributed by atoms with E-state index in [1.54, 1.807) is 0 Å². The smallest absolute Gasteiger partial charge is 0.252 e. The second-order valence-electron chi connectivity index (χ2n) is 5.29. The van der Waals surface area contributed by atoms with Crippen LogP contribution < -0.4 is 11.1 Å². The summed E-state index contributed by atoms with van der Waals surface area (Å²) in [7, 11) is 0. The molecule has 1 rings (SSSR count). The molecule has 0 aromatic heterocycles. The zero-order valence-electron chi connectivity index (χ0n) is 12.8. The van der Waals surface area contributed by atoms with Crippen LogP contribution in [0.2, 0.25) is 0 Å². The summed E-state index contributed by atoms with van der Waals surface area (Å²) in [6, 6.07) is 5.89. The Hall–Kier alpha value is -1.79. The molecule has 20 heavy (non-hydrogen) atoms. The number of amides is 1. The molecule has 1 unspecified atom stereocenters. The maximum atomic E-state index is 12.4. The highest BCUT2D eigenvalue weighted by atomic mass is 16.1. The normalized spacial score (nSPS) is 11.7. The summed E-state index contributed by atoms with van der Waals surface area (Å²) in [4.78, 5) is 12.4. The van der Waals surface area contributed by atoms with Crippen molar-refractivity contribution in [1.29, 1.82) is 0 Å². The quantitative estimate of drug-likeness (QED) is 0.827. The van der Waals surface area contributed by atoms with Gasteiger partial charge in [0.2, 0.25) is 0 Å². The van der Waals surface area contributed by atoms with Crippen LogP contribution in [0.25, 0.3) is 0 Å². The van der Waals surface area contributed by atoms with Gasteiger partial charge < -0.3 is 11.1 Å². The van der Waals surface area contributed by atoms with Crippen LogP contribution in [0.5, 0.6) is 0 Å². The van der Waals surface area contributed by atoms with Crippen LogP contribution in [0.4, 0.5) is 0 Å². The van der Waals surface area contributed by atoms with Crippen molar-refractivity contribution in [2.24, 2.45) is 11.7 Å². The predicted molar refractivity (Wildman–Crippen MR) is 83.5 cm³/mol. The second kappa shape index (κ2) is 7.72. The van der Waals surface area contributed by atoms with Crippen molar-refractivity contribution in [1.82, 2.24) is 5.32 Å². The highest BCUT2D eigenvalue weighted by molar-refractivity contribution is 5.97. The van der Waals surface area contributed by atoms with E-state index in [2.05, 4.69) is 37.9 Å². The van der Waals surface area contributed by atoms with Crippen LogP contribution >= 0.6 is 0 Å². The number of nitrogens with one attached hydrogen (secondary N) is 1. The Morgan fingerprint density at radius 3 is 2.65 bits per heavy atom. The number of carbonyl (C=O) groups is 1. The van der Waals surface area contributed by atoms with E-state index in [-0.39, 0.29) is 11.9 Å². The van der Waals surface area contributed by atoms with E-state index in [4.69, 9.17) is 5.73 Å². The van der Waals surface area contributed by atoms with Gasteiger partial charge in [-0.25, -0.2) is 0 Å².